The van der Waals surface area contributed by atoms with Gasteiger partial charge in [0.05, 0.1) is 45.9 Å². The monoisotopic (exact) mass is 1050 g/mol. The molecule has 5 nitrogen and oxygen atoms in total. The van der Waals surface area contributed by atoms with E-state index in [2.05, 4.69) is 10.6 Å². The standard InChI is InChI=1S/C73H76N4O/c1-69(2,3)50-33-30-48(31-34-50)57-41-51(70(4,5)6)42-58(49-32-37-60-62(40-49)73(12,13)39-38-72(60,10)11)68(57)76-64-28-19-18-27-63(64)75-52-24-21-25-53(43-52)78-54-35-36-56-55-26-17-20-29-65(55)77(66(56)44-54)67-45-61(71(7,8)9)59(46-74-67)47-22-15-14-16-23-47/h14-37,40-46,75-76H,38-39H2,1-13H3/i10D3,11D3,12D3,13D3,14D,15D,16D,17D,20D,22D,23D,26D,29D,30D,31D,33D,34D,38D2,39D2. The molecule has 2 heterocycles. The molecular weight excluding hydrogens is 949 g/mol. The lowest BCUT2D eigenvalue weighted by Gasteiger charge is -2.42. The average Bonchev–Trinajstić information content (AvgIpc) is 1.05. The minimum absolute atomic E-state index is 0.0123. The van der Waals surface area contributed by atoms with Crippen LogP contribution in [-0.2, 0) is 27.1 Å². The second kappa shape index (κ2) is 19.5. The maximum atomic E-state index is 9.74. The van der Waals surface area contributed by atoms with E-state index < -0.39 is 151 Å². The van der Waals surface area contributed by atoms with Crippen molar-refractivity contribution in [3.05, 3.63) is 216 Å². The number of ether oxygens (including phenoxy) is 1. The van der Waals surface area contributed by atoms with Gasteiger partial charge in [-0.2, -0.15) is 0 Å². The fourth-order valence-electron chi connectivity index (χ4n) is 9.66. The van der Waals surface area contributed by atoms with E-state index in [9.17, 15) is 12.3 Å². The Bertz CT molecular complexity index is 5250. The van der Waals surface area contributed by atoms with E-state index in [0.29, 0.717) is 33.4 Å². The number of para-hydroxylation sites is 3. The lowest BCUT2D eigenvalue weighted by atomic mass is 9.63. The molecule has 0 fully saturated rings. The molecule has 0 saturated heterocycles. The largest absolute Gasteiger partial charge is 0.457 e. The van der Waals surface area contributed by atoms with Gasteiger partial charge in [0.1, 0.15) is 17.3 Å². The number of rotatable bonds is 10. The van der Waals surface area contributed by atoms with Crippen molar-refractivity contribution in [1.82, 2.24) is 9.55 Å². The summed E-state index contributed by atoms with van der Waals surface area (Å²) in [5.74, 6) is 0.607. The first-order chi connectivity index (χ1) is 49.0. The van der Waals surface area contributed by atoms with Crippen molar-refractivity contribution >= 4 is 44.6 Å². The highest BCUT2D eigenvalue weighted by Gasteiger charge is 2.37. The van der Waals surface area contributed by atoms with Gasteiger partial charge in [0.2, 0.25) is 0 Å². The number of hydrogen-bond donors (Lipinski definition) is 2. The van der Waals surface area contributed by atoms with Crippen molar-refractivity contribution in [1.29, 1.82) is 0 Å². The fraction of sp³-hybridized carbons (Fsp3) is 0.274. The van der Waals surface area contributed by atoms with Crippen molar-refractivity contribution in [3.8, 4) is 50.7 Å². The molecule has 0 amide bonds. The highest BCUT2D eigenvalue weighted by molar-refractivity contribution is 6.09. The molecule has 11 rings (SSSR count). The first-order valence-electron chi connectivity index (χ1n) is 40.0. The predicted octanol–water partition coefficient (Wildman–Crippen LogP) is 20.7. The number of fused-ring (bicyclic) bond motifs is 4. The second-order valence-electron chi connectivity index (χ2n) is 22.7. The fourth-order valence-corrected chi connectivity index (χ4v) is 9.66. The molecule has 0 aliphatic heterocycles. The van der Waals surface area contributed by atoms with Gasteiger partial charge in [-0.15, -0.1) is 0 Å². The van der Waals surface area contributed by atoms with E-state index in [1.165, 1.54) is 6.20 Å². The van der Waals surface area contributed by atoms with Gasteiger partial charge in [0.15, 0.2) is 0 Å². The molecule has 5 heteroatoms. The molecule has 1 aliphatic rings. The Morgan fingerprint density at radius 2 is 1.17 bits per heavy atom. The molecule has 394 valence electrons. The van der Waals surface area contributed by atoms with E-state index in [1.807, 2.05) is 20.8 Å². The Hall–Kier alpha value is -7.89. The minimum Gasteiger partial charge on any atom is -0.457 e. The van der Waals surface area contributed by atoms with Crippen LogP contribution in [0.1, 0.15) is 170 Å². The Morgan fingerprint density at radius 3 is 1.86 bits per heavy atom. The Morgan fingerprint density at radius 1 is 0.526 bits per heavy atom. The summed E-state index contributed by atoms with van der Waals surface area (Å²) in [6.07, 6.45) is -7.29. The third-order valence-electron chi connectivity index (χ3n) is 13.8. The topological polar surface area (TPSA) is 51.1 Å². The van der Waals surface area contributed by atoms with Crippen LogP contribution in [0.4, 0.5) is 22.7 Å². The minimum atomic E-state index is -4.37. The Labute approximate surface area is 504 Å². The summed E-state index contributed by atoms with van der Waals surface area (Å²) >= 11 is 0. The van der Waals surface area contributed by atoms with Crippen LogP contribution >= 0.6 is 0 Å². The van der Waals surface area contributed by atoms with Crippen LogP contribution in [0.5, 0.6) is 11.5 Å². The molecule has 1 aliphatic carbocycles. The number of anilines is 4. The SMILES string of the molecule is [2H]c1c([2H])c([2H])c(-c2cnc(-n3c4cc(Oc5cccc(Nc6ccccc6Nc6c(-c7ccc8c(c7)C(C([2H])([2H])[2H])(C([2H])([2H])[2H])C([2H])([2H])C([2H])([2H])C8(C([2H])([2H])[2H])C([2H])([2H])[2H])cc(C(C)(C)C)cc6-c6c([2H])c([2H])c(C(C)(C)C)c([2H])c6[2H])c5)ccc4c4c([2H])c([2H])c([2H])c([2H])c43)cc2C(C)(C)C)c([2H])c1[2H]. The molecule has 0 bridgehead atoms. The maximum Gasteiger partial charge on any atom is 0.137 e. The van der Waals surface area contributed by atoms with Crippen molar-refractivity contribution in [2.24, 2.45) is 0 Å². The van der Waals surface area contributed by atoms with Crippen LogP contribution in [0.15, 0.2) is 188 Å². The van der Waals surface area contributed by atoms with E-state index >= 15 is 0 Å². The molecule has 8 aromatic carbocycles. The summed E-state index contributed by atoms with van der Waals surface area (Å²) in [5, 5.41) is 7.37. The lowest BCUT2D eigenvalue weighted by molar-refractivity contribution is 0.332. The summed E-state index contributed by atoms with van der Waals surface area (Å²) in [6, 6.07) is 19.7. The quantitative estimate of drug-likeness (QED) is 0.143. The molecule has 0 radical (unpaired) electrons. The number of benzene rings is 8. The van der Waals surface area contributed by atoms with E-state index in [0.717, 1.165) is 18.2 Å². The van der Waals surface area contributed by atoms with Gasteiger partial charge in [-0.3, -0.25) is 4.57 Å². The van der Waals surface area contributed by atoms with Gasteiger partial charge >= 0.3 is 0 Å². The number of nitrogens with zero attached hydrogens (tertiary/aromatic N) is 2. The number of pyridine rings is 1. The zero-order chi connectivity index (χ0) is 79.8. The highest BCUT2D eigenvalue weighted by atomic mass is 16.5. The van der Waals surface area contributed by atoms with Crippen molar-refractivity contribution < 1.29 is 44.5 Å². The van der Waals surface area contributed by atoms with Gasteiger partial charge in [0, 0.05) is 73.4 Å². The first-order valence-corrected chi connectivity index (χ1v) is 25.5. The summed E-state index contributed by atoms with van der Waals surface area (Å²) in [7, 11) is 0. The summed E-state index contributed by atoms with van der Waals surface area (Å²) in [4.78, 5) is 4.79. The van der Waals surface area contributed by atoms with Crippen LogP contribution < -0.4 is 15.4 Å². The van der Waals surface area contributed by atoms with Gasteiger partial charge in [-0.05, 0) is 145 Å². The van der Waals surface area contributed by atoms with Crippen molar-refractivity contribution in [2.75, 3.05) is 10.6 Å². The smallest absolute Gasteiger partial charge is 0.137 e. The number of hydrogen-bond acceptors (Lipinski definition) is 4. The molecule has 78 heavy (non-hydrogen) atoms. The van der Waals surface area contributed by atoms with Crippen LogP contribution in [-0.4, -0.2) is 9.55 Å². The third-order valence-corrected chi connectivity index (χ3v) is 13.8. The van der Waals surface area contributed by atoms with Crippen LogP contribution in [0.3, 0.4) is 0 Å². The average molecular weight is 1050 g/mol. The van der Waals surface area contributed by atoms with Crippen LogP contribution in [0.2, 0.25) is 0 Å². The van der Waals surface area contributed by atoms with Gasteiger partial charge in [-0.1, -0.05) is 199 Å². The molecule has 0 atom stereocenters. The molecule has 2 N–H and O–H groups in total. The zero-order valence-corrected chi connectivity index (χ0v) is 44.7. The molecule has 0 saturated carbocycles. The maximum absolute atomic E-state index is 9.74. The molecule has 0 spiro atoms. The van der Waals surface area contributed by atoms with Crippen LogP contribution in [0.25, 0.3) is 61.0 Å². The normalized spacial score (nSPS) is 21.6. The van der Waals surface area contributed by atoms with E-state index in [4.69, 9.17) is 37.1 Å². The summed E-state index contributed by atoms with van der Waals surface area (Å²) in [5.41, 5.74) is -11.0. The Kier molecular flexibility index (Phi) is 7.04. The zero-order valence-electron chi connectivity index (χ0n) is 73.7. The summed E-state index contributed by atoms with van der Waals surface area (Å²) in [6.45, 7) is -0.0881. The molecular formula is C73H76N4O. The van der Waals surface area contributed by atoms with Gasteiger partial charge in [0.25, 0.3) is 0 Å². The second-order valence-corrected chi connectivity index (χ2v) is 22.7. The lowest BCUT2D eigenvalue weighted by Crippen LogP contribution is -2.33. The third kappa shape index (κ3) is 10.1. The van der Waals surface area contributed by atoms with E-state index in [1.54, 1.807) is 131 Å². The summed E-state index contributed by atoms with van der Waals surface area (Å²) < 4.78 is 270. The highest BCUT2D eigenvalue weighted by Crippen LogP contribution is 2.50. The molecule has 0 unspecified atom stereocenters. The van der Waals surface area contributed by atoms with Gasteiger partial charge in [-0.25, -0.2) is 4.98 Å². The number of nitrogens with one attached hydrogen (secondary N) is 2. The first kappa shape index (κ1) is 28.1. The Balaban J connectivity index is 1.10. The number of aromatic nitrogens is 2. The molecule has 10 aromatic rings. The van der Waals surface area contributed by atoms with Crippen molar-refractivity contribution in [3.63, 3.8) is 0 Å². The van der Waals surface area contributed by atoms with Crippen molar-refractivity contribution in [2.45, 2.75) is 130 Å². The van der Waals surface area contributed by atoms with Crippen LogP contribution in [0, 0.1) is 0 Å². The van der Waals surface area contributed by atoms with Gasteiger partial charge < -0.3 is 15.4 Å². The molecule has 2 aromatic heterocycles. The predicted molar refractivity (Wildman–Crippen MR) is 332 cm³/mol. The van der Waals surface area contributed by atoms with E-state index in [-0.39, 0.29) is 84.6 Å².